The van der Waals surface area contributed by atoms with Crippen LogP contribution in [0.4, 0.5) is 5.69 Å². The molecular weight excluding hydrogens is 302 g/mol. The Bertz CT molecular complexity index is 354. The lowest BCUT2D eigenvalue weighted by Gasteiger charge is -2.06. The van der Waals surface area contributed by atoms with Crippen molar-refractivity contribution < 1.29 is 4.79 Å². The lowest BCUT2D eigenvalue weighted by molar-refractivity contribution is 0.0964. The first kappa shape index (κ1) is 10.6. The zero-order chi connectivity index (χ0) is 10.0. The van der Waals surface area contributed by atoms with Gasteiger partial charge in [-0.3, -0.25) is 4.79 Å². The maximum absolute atomic E-state index is 11.3. The third-order valence-corrected chi connectivity index (χ3v) is 2.68. The van der Waals surface area contributed by atoms with E-state index in [9.17, 15) is 4.79 Å². The van der Waals surface area contributed by atoms with Crippen LogP contribution < -0.4 is 11.1 Å². The van der Waals surface area contributed by atoms with Crippen molar-refractivity contribution in [2.45, 2.75) is 0 Å². The summed E-state index contributed by atoms with van der Waals surface area (Å²) < 4.78 is 0.781. The maximum atomic E-state index is 11.3. The fourth-order valence-corrected chi connectivity index (χ4v) is 1.94. The van der Waals surface area contributed by atoms with Crippen LogP contribution >= 0.6 is 34.2 Å². The Morgan fingerprint density at radius 1 is 1.62 bits per heavy atom. The third kappa shape index (κ3) is 2.25. The summed E-state index contributed by atoms with van der Waals surface area (Å²) in [7, 11) is 1.55. The number of rotatable bonds is 1. The molecule has 1 rings (SSSR count). The van der Waals surface area contributed by atoms with Crippen LogP contribution in [0.3, 0.4) is 0 Å². The number of hydrogen-bond donors (Lipinski definition) is 2. The van der Waals surface area contributed by atoms with Crippen LogP contribution in [0.5, 0.6) is 0 Å². The van der Waals surface area contributed by atoms with E-state index in [1.54, 1.807) is 19.2 Å². The normalized spacial score (nSPS) is 9.77. The van der Waals surface area contributed by atoms with Crippen LogP contribution in [0.1, 0.15) is 10.4 Å². The lowest BCUT2D eigenvalue weighted by atomic mass is 10.2. The second-order valence-corrected chi connectivity index (χ2v) is 4.03. The van der Waals surface area contributed by atoms with Gasteiger partial charge in [-0.2, -0.15) is 0 Å². The van der Waals surface area contributed by atoms with E-state index in [1.165, 1.54) is 0 Å². The van der Waals surface area contributed by atoms with Crippen LogP contribution in [0.15, 0.2) is 12.1 Å². The number of nitrogens with two attached hydrogens (primary N) is 1. The monoisotopic (exact) mass is 310 g/mol. The molecule has 3 N–H and O–H groups in total. The Balaban J connectivity index is 3.28. The number of benzene rings is 1. The van der Waals surface area contributed by atoms with Crippen LogP contribution in [0.25, 0.3) is 0 Å². The summed E-state index contributed by atoms with van der Waals surface area (Å²) in [5.74, 6) is -0.224. The number of hydrogen-bond acceptors (Lipinski definition) is 2. The Morgan fingerprint density at radius 2 is 2.23 bits per heavy atom. The van der Waals surface area contributed by atoms with Crippen LogP contribution in [-0.2, 0) is 0 Å². The molecule has 0 saturated heterocycles. The number of halogens is 2. The van der Waals surface area contributed by atoms with Gasteiger partial charge in [0.2, 0.25) is 0 Å². The van der Waals surface area contributed by atoms with E-state index in [1.807, 2.05) is 22.6 Å². The summed E-state index contributed by atoms with van der Waals surface area (Å²) in [6.45, 7) is 0. The molecule has 5 heteroatoms. The van der Waals surface area contributed by atoms with Gasteiger partial charge < -0.3 is 11.1 Å². The fourth-order valence-electron chi connectivity index (χ4n) is 0.907. The van der Waals surface area contributed by atoms with E-state index in [-0.39, 0.29) is 5.91 Å². The van der Waals surface area contributed by atoms with Gasteiger partial charge in [0, 0.05) is 15.6 Å². The Morgan fingerprint density at radius 3 is 2.77 bits per heavy atom. The first-order valence-electron chi connectivity index (χ1n) is 3.53. The molecule has 3 nitrogen and oxygen atoms in total. The van der Waals surface area contributed by atoms with Gasteiger partial charge in [-0.05, 0) is 34.7 Å². The zero-order valence-electron chi connectivity index (χ0n) is 6.90. The maximum Gasteiger partial charge on any atom is 0.253 e. The molecular formula is C8H8ClIN2O. The van der Waals surface area contributed by atoms with Crippen molar-refractivity contribution in [2.24, 2.45) is 0 Å². The summed E-state index contributed by atoms with van der Waals surface area (Å²) in [6, 6.07) is 3.27. The predicted molar refractivity (Wildman–Crippen MR) is 62.0 cm³/mol. The lowest BCUT2D eigenvalue weighted by Crippen LogP contribution is -2.19. The topological polar surface area (TPSA) is 55.1 Å². The first-order valence-corrected chi connectivity index (χ1v) is 4.98. The molecule has 0 aromatic heterocycles. The minimum atomic E-state index is -0.224. The van der Waals surface area contributed by atoms with Crippen molar-refractivity contribution in [1.29, 1.82) is 0 Å². The highest BCUT2D eigenvalue weighted by Crippen LogP contribution is 2.24. The number of anilines is 1. The largest absolute Gasteiger partial charge is 0.397 e. The first-order chi connectivity index (χ1) is 6.06. The number of nitrogen functional groups attached to an aromatic ring is 1. The highest BCUT2D eigenvalue weighted by Gasteiger charge is 2.11. The van der Waals surface area contributed by atoms with E-state index >= 15 is 0 Å². The molecule has 1 aromatic rings. The summed E-state index contributed by atoms with van der Waals surface area (Å²) >= 11 is 7.82. The molecule has 0 atom stereocenters. The average molecular weight is 311 g/mol. The molecule has 0 bridgehead atoms. The molecule has 0 fully saturated rings. The third-order valence-electron chi connectivity index (χ3n) is 1.57. The quantitative estimate of drug-likeness (QED) is 0.615. The van der Waals surface area contributed by atoms with E-state index in [0.717, 1.165) is 3.57 Å². The summed E-state index contributed by atoms with van der Waals surface area (Å²) in [5.41, 5.74) is 6.58. The van der Waals surface area contributed by atoms with Gasteiger partial charge in [0.15, 0.2) is 0 Å². The number of nitrogens with one attached hydrogen (secondary N) is 1. The van der Waals surface area contributed by atoms with E-state index in [4.69, 9.17) is 17.3 Å². The summed E-state index contributed by atoms with van der Waals surface area (Å²) in [4.78, 5) is 11.3. The minimum Gasteiger partial charge on any atom is -0.397 e. The molecule has 0 saturated carbocycles. The molecule has 0 aliphatic carbocycles. The molecule has 0 aliphatic rings. The molecule has 0 unspecified atom stereocenters. The van der Waals surface area contributed by atoms with Crippen molar-refractivity contribution in [3.8, 4) is 0 Å². The molecule has 1 amide bonds. The summed E-state index contributed by atoms with van der Waals surface area (Å²) in [6.07, 6.45) is 0. The fraction of sp³-hybridized carbons (Fsp3) is 0.125. The Kier molecular flexibility index (Phi) is 3.38. The van der Waals surface area contributed by atoms with E-state index in [2.05, 4.69) is 5.32 Å². The van der Waals surface area contributed by atoms with Gasteiger partial charge >= 0.3 is 0 Å². The summed E-state index contributed by atoms with van der Waals surface area (Å²) in [5, 5.41) is 3.01. The molecule has 1 aromatic carbocycles. The van der Waals surface area contributed by atoms with Crippen LogP contribution in [0.2, 0.25) is 5.02 Å². The Hall–Kier alpha value is -0.490. The molecule has 0 spiro atoms. The Labute approximate surface area is 94.8 Å². The standard InChI is InChI=1S/C8H8ClIN2O/c1-12-8(13)5-2-4(9)3-6(10)7(5)11/h2-3H,11H2,1H3,(H,12,13). The van der Waals surface area contributed by atoms with Crippen LogP contribution in [-0.4, -0.2) is 13.0 Å². The number of carbonyl (C=O) groups excluding carboxylic acids is 1. The van der Waals surface area contributed by atoms with Gasteiger partial charge in [-0.25, -0.2) is 0 Å². The molecule has 13 heavy (non-hydrogen) atoms. The van der Waals surface area contributed by atoms with Crippen molar-refractivity contribution in [3.63, 3.8) is 0 Å². The highest BCUT2D eigenvalue weighted by molar-refractivity contribution is 14.1. The molecule has 0 radical (unpaired) electrons. The van der Waals surface area contributed by atoms with Gasteiger partial charge in [0.25, 0.3) is 5.91 Å². The van der Waals surface area contributed by atoms with Gasteiger partial charge in [-0.15, -0.1) is 0 Å². The highest BCUT2D eigenvalue weighted by atomic mass is 127. The molecule has 0 aliphatic heterocycles. The van der Waals surface area contributed by atoms with Crippen molar-refractivity contribution in [3.05, 3.63) is 26.3 Å². The van der Waals surface area contributed by atoms with Gasteiger partial charge in [0.1, 0.15) is 0 Å². The van der Waals surface area contributed by atoms with E-state index < -0.39 is 0 Å². The average Bonchev–Trinajstić information content (AvgIpc) is 2.10. The second-order valence-electron chi connectivity index (χ2n) is 2.43. The van der Waals surface area contributed by atoms with Crippen LogP contribution in [0, 0.1) is 3.57 Å². The SMILES string of the molecule is CNC(=O)c1cc(Cl)cc(I)c1N. The molecule has 70 valence electrons. The van der Waals surface area contributed by atoms with Crippen molar-refractivity contribution >= 4 is 45.8 Å². The number of carbonyl (C=O) groups is 1. The van der Waals surface area contributed by atoms with Crippen molar-refractivity contribution in [2.75, 3.05) is 12.8 Å². The molecule has 0 heterocycles. The second kappa shape index (κ2) is 4.15. The van der Waals surface area contributed by atoms with Gasteiger partial charge in [0.05, 0.1) is 11.3 Å². The number of amides is 1. The van der Waals surface area contributed by atoms with Gasteiger partial charge in [-0.1, -0.05) is 11.6 Å². The smallest absolute Gasteiger partial charge is 0.253 e. The van der Waals surface area contributed by atoms with Crippen molar-refractivity contribution in [1.82, 2.24) is 5.32 Å². The minimum absolute atomic E-state index is 0.224. The zero-order valence-corrected chi connectivity index (χ0v) is 9.81. The predicted octanol–water partition coefficient (Wildman–Crippen LogP) is 1.89. The van der Waals surface area contributed by atoms with E-state index in [0.29, 0.717) is 16.3 Å².